The van der Waals surface area contributed by atoms with Crippen LogP contribution in [0.25, 0.3) is 0 Å². The van der Waals surface area contributed by atoms with Gasteiger partial charge >= 0.3 is 0 Å². The standard InChI is InChI=1S/C11H20N4/c1-4-10(12)5-9-6-13-11(14-7-9)8-15(2)3/h6-7,10H,4-5,8,12H2,1-3H3. The van der Waals surface area contributed by atoms with Gasteiger partial charge in [0.2, 0.25) is 0 Å². The van der Waals surface area contributed by atoms with Crippen LogP contribution < -0.4 is 5.73 Å². The van der Waals surface area contributed by atoms with Crippen molar-refractivity contribution in [2.45, 2.75) is 32.4 Å². The zero-order valence-corrected chi connectivity index (χ0v) is 9.77. The summed E-state index contributed by atoms with van der Waals surface area (Å²) in [4.78, 5) is 10.6. The van der Waals surface area contributed by atoms with E-state index in [-0.39, 0.29) is 6.04 Å². The molecule has 0 saturated carbocycles. The summed E-state index contributed by atoms with van der Waals surface area (Å²) in [5.41, 5.74) is 6.98. The van der Waals surface area contributed by atoms with E-state index in [1.165, 1.54) is 0 Å². The van der Waals surface area contributed by atoms with Crippen molar-refractivity contribution in [1.29, 1.82) is 0 Å². The smallest absolute Gasteiger partial charge is 0.142 e. The molecule has 1 aromatic rings. The molecule has 0 fully saturated rings. The van der Waals surface area contributed by atoms with Gasteiger partial charge in [0, 0.05) is 18.4 Å². The zero-order valence-electron chi connectivity index (χ0n) is 9.77. The average molecular weight is 208 g/mol. The molecule has 0 bridgehead atoms. The first-order valence-electron chi connectivity index (χ1n) is 5.32. The maximum absolute atomic E-state index is 5.86. The van der Waals surface area contributed by atoms with Gasteiger partial charge in [-0.2, -0.15) is 0 Å². The monoisotopic (exact) mass is 208 g/mol. The molecule has 0 aliphatic heterocycles. The molecule has 4 nitrogen and oxygen atoms in total. The summed E-state index contributed by atoms with van der Waals surface area (Å²) in [5.74, 6) is 0.855. The van der Waals surface area contributed by atoms with Crippen molar-refractivity contribution in [2.24, 2.45) is 5.73 Å². The number of rotatable bonds is 5. The first kappa shape index (κ1) is 12.1. The van der Waals surface area contributed by atoms with Crippen LogP contribution in [0.4, 0.5) is 0 Å². The van der Waals surface area contributed by atoms with Crippen LogP contribution in [-0.2, 0) is 13.0 Å². The van der Waals surface area contributed by atoms with E-state index in [1.54, 1.807) is 0 Å². The van der Waals surface area contributed by atoms with Crippen molar-refractivity contribution in [2.75, 3.05) is 14.1 Å². The molecule has 0 spiro atoms. The maximum Gasteiger partial charge on any atom is 0.142 e. The van der Waals surface area contributed by atoms with E-state index in [0.29, 0.717) is 0 Å². The quantitative estimate of drug-likeness (QED) is 0.778. The van der Waals surface area contributed by atoms with Crippen molar-refractivity contribution < 1.29 is 0 Å². The molecule has 4 heteroatoms. The van der Waals surface area contributed by atoms with E-state index in [4.69, 9.17) is 5.73 Å². The van der Waals surface area contributed by atoms with Crippen molar-refractivity contribution in [3.63, 3.8) is 0 Å². The molecule has 84 valence electrons. The fourth-order valence-electron chi connectivity index (χ4n) is 1.30. The lowest BCUT2D eigenvalue weighted by molar-refractivity contribution is 0.390. The van der Waals surface area contributed by atoms with Gasteiger partial charge < -0.3 is 10.6 Å². The molecule has 1 rings (SSSR count). The first-order valence-corrected chi connectivity index (χ1v) is 5.32. The predicted octanol–water partition coefficient (Wildman–Crippen LogP) is 0.818. The lowest BCUT2D eigenvalue weighted by Crippen LogP contribution is -2.21. The van der Waals surface area contributed by atoms with Crippen LogP contribution >= 0.6 is 0 Å². The van der Waals surface area contributed by atoms with Crippen LogP contribution in [-0.4, -0.2) is 35.0 Å². The minimum Gasteiger partial charge on any atom is -0.327 e. The van der Waals surface area contributed by atoms with Gasteiger partial charge in [0.1, 0.15) is 5.82 Å². The summed E-state index contributed by atoms with van der Waals surface area (Å²) in [5, 5.41) is 0. The second kappa shape index (κ2) is 5.78. The van der Waals surface area contributed by atoms with Crippen molar-refractivity contribution in [3.05, 3.63) is 23.8 Å². The molecule has 1 heterocycles. The first-order chi connectivity index (χ1) is 7.11. The molecule has 0 radical (unpaired) electrons. The zero-order chi connectivity index (χ0) is 11.3. The second-order valence-corrected chi connectivity index (χ2v) is 4.12. The summed E-state index contributed by atoms with van der Waals surface area (Å²) >= 11 is 0. The van der Waals surface area contributed by atoms with Crippen LogP contribution in [0.5, 0.6) is 0 Å². The fraction of sp³-hybridized carbons (Fsp3) is 0.636. The third-order valence-corrected chi connectivity index (χ3v) is 2.24. The number of hydrogen-bond acceptors (Lipinski definition) is 4. The SMILES string of the molecule is CCC(N)Cc1cnc(CN(C)C)nc1. The van der Waals surface area contributed by atoms with Gasteiger partial charge in [-0.3, -0.25) is 0 Å². The summed E-state index contributed by atoms with van der Waals surface area (Å²) in [6.07, 6.45) is 5.60. The second-order valence-electron chi connectivity index (χ2n) is 4.12. The minimum absolute atomic E-state index is 0.216. The molecular formula is C11H20N4. The van der Waals surface area contributed by atoms with Crippen molar-refractivity contribution >= 4 is 0 Å². The summed E-state index contributed by atoms with van der Waals surface area (Å²) in [6.45, 7) is 2.87. The van der Waals surface area contributed by atoms with E-state index in [1.807, 2.05) is 31.4 Å². The van der Waals surface area contributed by atoms with Gasteiger partial charge in [0.05, 0.1) is 6.54 Å². The van der Waals surface area contributed by atoms with E-state index in [9.17, 15) is 0 Å². The van der Waals surface area contributed by atoms with E-state index in [2.05, 4.69) is 16.9 Å². The Kier molecular flexibility index (Phi) is 4.65. The third-order valence-electron chi connectivity index (χ3n) is 2.24. The third kappa shape index (κ3) is 4.36. The van der Waals surface area contributed by atoms with Crippen LogP contribution in [0, 0.1) is 0 Å². The Labute approximate surface area is 91.5 Å². The Morgan fingerprint density at radius 3 is 2.40 bits per heavy atom. The Bertz CT molecular complexity index is 281. The molecule has 0 saturated heterocycles. The Balaban J connectivity index is 2.56. The Morgan fingerprint density at radius 1 is 1.33 bits per heavy atom. The molecule has 0 aromatic carbocycles. The van der Waals surface area contributed by atoms with E-state index < -0.39 is 0 Å². The molecule has 1 atom stereocenters. The highest BCUT2D eigenvalue weighted by atomic mass is 15.1. The fourth-order valence-corrected chi connectivity index (χ4v) is 1.30. The molecule has 15 heavy (non-hydrogen) atoms. The highest BCUT2D eigenvalue weighted by molar-refractivity contribution is 5.07. The molecule has 0 aliphatic rings. The Morgan fingerprint density at radius 2 is 1.93 bits per heavy atom. The van der Waals surface area contributed by atoms with Crippen LogP contribution in [0.15, 0.2) is 12.4 Å². The van der Waals surface area contributed by atoms with E-state index >= 15 is 0 Å². The highest BCUT2D eigenvalue weighted by Crippen LogP contribution is 2.02. The molecular weight excluding hydrogens is 188 g/mol. The van der Waals surface area contributed by atoms with Gasteiger partial charge in [-0.25, -0.2) is 9.97 Å². The van der Waals surface area contributed by atoms with Gasteiger partial charge in [0.15, 0.2) is 0 Å². The predicted molar refractivity (Wildman–Crippen MR) is 61.4 cm³/mol. The normalized spacial score (nSPS) is 13.1. The highest BCUT2D eigenvalue weighted by Gasteiger charge is 2.03. The maximum atomic E-state index is 5.86. The van der Waals surface area contributed by atoms with Gasteiger partial charge in [-0.1, -0.05) is 6.92 Å². The molecule has 0 amide bonds. The lowest BCUT2D eigenvalue weighted by Gasteiger charge is -2.10. The minimum atomic E-state index is 0.216. The summed E-state index contributed by atoms with van der Waals surface area (Å²) in [6, 6.07) is 0.216. The number of hydrogen-bond donors (Lipinski definition) is 1. The molecule has 1 aromatic heterocycles. The molecule has 0 aliphatic carbocycles. The van der Waals surface area contributed by atoms with Crippen molar-refractivity contribution in [3.8, 4) is 0 Å². The van der Waals surface area contributed by atoms with Crippen LogP contribution in [0.1, 0.15) is 24.7 Å². The number of nitrogens with zero attached hydrogens (tertiary/aromatic N) is 3. The van der Waals surface area contributed by atoms with Crippen LogP contribution in [0.2, 0.25) is 0 Å². The lowest BCUT2D eigenvalue weighted by atomic mass is 10.1. The van der Waals surface area contributed by atoms with E-state index in [0.717, 1.165) is 30.8 Å². The molecule has 2 N–H and O–H groups in total. The topological polar surface area (TPSA) is 55.0 Å². The van der Waals surface area contributed by atoms with Gasteiger partial charge in [-0.15, -0.1) is 0 Å². The Hall–Kier alpha value is -1.00. The largest absolute Gasteiger partial charge is 0.327 e. The number of aromatic nitrogens is 2. The average Bonchev–Trinajstić information content (AvgIpc) is 2.20. The summed E-state index contributed by atoms with van der Waals surface area (Å²) < 4.78 is 0. The summed E-state index contributed by atoms with van der Waals surface area (Å²) in [7, 11) is 4.01. The number of nitrogens with two attached hydrogens (primary N) is 1. The van der Waals surface area contributed by atoms with Gasteiger partial charge in [0.25, 0.3) is 0 Å². The molecule has 1 unspecified atom stereocenters. The van der Waals surface area contributed by atoms with Crippen molar-refractivity contribution in [1.82, 2.24) is 14.9 Å². The van der Waals surface area contributed by atoms with Gasteiger partial charge in [-0.05, 0) is 32.5 Å². The van der Waals surface area contributed by atoms with Crippen LogP contribution in [0.3, 0.4) is 0 Å².